The first-order valence-corrected chi connectivity index (χ1v) is 7.50. The Balaban J connectivity index is 1.81. The van der Waals surface area contributed by atoms with Gasteiger partial charge in [0.1, 0.15) is 0 Å². The fourth-order valence-electron chi connectivity index (χ4n) is 2.54. The van der Waals surface area contributed by atoms with Crippen molar-refractivity contribution in [2.75, 3.05) is 7.11 Å². The molecule has 0 N–H and O–H groups in total. The molecule has 0 bridgehead atoms. The zero-order valence-corrected chi connectivity index (χ0v) is 14.0. The number of esters is 1. The van der Waals surface area contributed by atoms with Crippen molar-refractivity contribution in [2.24, 2.45) is 7.05 Å². The van der Waals surface area contributed by atoms with Crippen LogP contribution in [0.15, 0.2) is 28.8 Å². The second-order valence-corrected chi connectivity index (χ2v) is 5.53. The molecule has 0 saturated carbocycles. The first kappa shape index (κ1) is 15.9. The Bertz CT molecular complexity index is 878. The number of aryl methyl sites for hydroxylation is 2. The maximum absolute atomic E-state index is 11.5. The SMILES string of the molecule is COC(=O)c1ccc(-c2noc(Cc3c(C)nn(C)c3C)n2)cc1. The third-order valence-electron chi connectivity index (χ3n) is 4.02. The van der Waals surface area contributed by atoms with Gasteiger partial charge >= 0.3 is 5.97 Å². The lowest BCUT2D eigenvalue weighted by Gasteiger charge is -1.99. The number of carbonyl (C=O) groups excluding carboxylic acids is 1. The van der Waals surface area contributed by atoms with Gasteiger partial charge in [-0.3, -0.25) is 4.68 Å². The van der Waals surface area contributed by atoms with E-state index in [4.69, 9.17) is 4.52 Å². The van der Waals surface area contributed by atoms with E-state index in [0.717, 1.165) is 22.5 Å². The fourth-order valence-corrected chi connectivity index (χ4v) is 2.54. The van der Waals surface area contributed by atoms with Crippen molar-refractivity contribution < 1.29 is 14.1 Å². The van der Waals surface area contributed by atoms with Gasteiger partial charge in [0.15, 0.2) is 0 Å². The van der Waals surface area contributed by atoms with Crippen LogP contribution in [-0.4, -0.2) is 33.0 Å². The van der Waals surface area contributed by atoms with Crippen molar-refractivity contribution in [2.45, 2.75) is 20.3 Å². The normalized spacial score (nSPS) is 10.8. The van der Waals surface area contributed by atoms with E-state index < -0.39 is 0 Å². The number of nitrogens with zero attached hydrogens (tertiary/aromatic N) is 4. The van der Waals surface area contributed by atoms with Crippen LogP contribution in [0.2, 0.25) is 0 Å². The average molecular weight is 326 g/mol. The number of rotatable bonds is 4. The Morgan fingerprint density at radius 3 is 2.54 bits per heavy atom. The van der Waals surface area contributed by atoms with Crippen molar-refractivity contribution >= 4 is 5.97 Å². The topological polar surface area (TPSA) is 83.0 Å². The minimum absolute atomic E-state index is 0.377. The molecule has 0 aliphatic rings. The molecule has 0 atom stereocenters. The van der Waals surface area contributed by atoms with E-state index in [2.05, 4.69) is 20.0 Å². The van der Waals surface area contributed by atoms with Crippen LogP contribution in [0, 0.1) is 13.8 Å². The third-order valence-corrected chi connectivity index (χ3v) is 4.02. The summed E-state index contributed by atoms with van der Waals surface area (Å²) < 4.78 is 11.9. The summed E-state index contributed by atoms with van der Waals surface area (Å²) in [4.78, 5) is 15.9. The third kappa shape index (κ3) is 2.92. The van der Waals surface area contributed by atoms with E-state index in [1.807, 2.05) is 25.6 Å². The Hall–Kier alpha value is -2.96. The predicted octanol–water partition coefficient (Wildman–Crippen LogP) is 2.46. The number of ether oxygens (including phenoxy) is 1. The van der Waals surface area contributed by atoms with Crippen LogP contribution in [0.4, 0.5) is 0 Å². The van der Waals surface area contributed by atoms with Gasteiger partial charge in [-0.25, -0.2) is 4.79 Å². The van der Waals surface area contributed by atoms with E-state index in [1.165, 1.54) is 7.11 Å². The Kier molecular flexibility index (Phi) is 4.16. The monoisotopic (exact) mass is 326 g/mol. The molecule has 0 aliphatic heterocycles. The molecule has 0 aliphatic carbocycles. The number of aromatic nitrogens is 4. The van der Waals surface area contributed by atoms with Crippen molar-refractivity contribution in [1.82, 2.24) is 19.9 Å². The summed E-state index contributed by atoms with van der Waals surface area (Å²) in [6.07, 6.45) is 0.540. The van der Waals surface area contributed by atoms with Crippen LogP contribution in [-0.2, 0) is 18.2 Å². The minimum Gasteiger partial charge on any atom is -0.465 e. The molecular formula is C17H18N4O3. The zero-order valence-electron chi connectivity index (χ0n) is 14.0. The molecule has 7 heteroatoms. The summed E-state index contributed by atoms with van der Waals surface area (Å²) in [7, 11) is 3.26. The lowest BCUT2D eigenvalue weighted by molar-refractivity contribution is 0.0601. The molecule has 3 aromatic rings. The number of hydrogen-bond donors (Lipinski definition) is 0. The lowest BCUT2D eigenvalue weighted by atomic mass is 10.1. The highest BCUT2D eigenvalue weighted by atomic mass is 16.5. The highest BCUT2D eigenvalue weighted by Gasteiger charge is 2.15. The molecule has 2 aromatic heterocycles. The molecule has 0 fully saturated rings. The second kappa shape index (κ2) is 6.27. The first-order chi connectivity index (χ1) is 11.5. The van der Waals surface area contributed by atoms with Gasteiger partial charge in [0.05, 0.1) is 24.8 Å². The maximum Gasteiger partial charge on any atom is 0.337 e. The standard InChI is InChI=1S/C17H18N4O3/c1-10-14(11(2)21(3)19-10)9-15-18-16(20-24-15)12-5-7-13(8-6-12)17(22)23-4/h5-8H,9H2,1-4H3. The second-order valence-electron chi connectivity index (χ2n) is 5.53. The van der Waals surface area contributed by atoms with Gasteiger partial charge in [0.2, 0.25) is 11.7 Å². The number of benzene rings is 1. The Labute approximate surface area is 139 Å². The molecule has 0 saturated heterocycles. The van der Waals surface area contributed by atoms with Gasteiger partial charge in [0, 0.05) is 23.9 Å². The van der Waals surface area contributed by atoms with E-state index in [9.17, 15) is 4.79 Å². The van der Waals surface area contributed by atoms with Crippen molar-refractivity contribution in [3.8, 4) is 11.4 Å². The van der Waals surface area contributed by atoms with E-state index in [1.54, 1.807) is 24.3 Å². The van der Waals surface area contributed by atoms with E-state index in [-0.39, 0.29) is 5.97 Å². The molecular weight excluding hydrogens is 308 g/mol. The summed E-state index contributed by atoms with van der Waals surface area (Å²) >= 11 is 0. The summed E-state index contributed by atoms with van der Waals surface area (Å²) in [5.74, 6) is 0.639. The molecule has 3 rings (SSSR count). The van der Waals surface area contributed by atoms with E-state index in [0.29, 0.717) is 23.7 Å². The minimum atomic E-state index is -0.377. The maximum atomic E-state index is 11.5. The smallest absolute Gasteiger partial charge is 0.337 e. The van der Waals surface area contributed by atoms with Crippen LogP contribution >= 0.6 is 0 Å². The van der Waals surface area contributed by atoms with E-state index >= 15 is 0 Å². The summed E-state index contributed by atoms with van der Waals surface area (Å²) in [5, 5.41) is 8.40. The summed E-state index contributed by atoms with van der Waals surface area (Å²) in [6.45, 7) is 3.98. The van der Waals surface area contributed by atoms with Crippen LogP contribution in [0.5, 0.6) is 0 Å². The number of methoxy groups -OCH3 is 1. The molecule has 0 radical (unpaired) electrons. The van der Waals surface area contributed by atoms with Gasteiger partial charge in [-0.15, -0.1) is 0 Å². The molecule has 124 valence electrons. The van der Waals surface area contributed by atoms with Gasteiger partial charge < -0.3 is 9.26 Å². The highest BCUT2D eigenvalue weighted by molar-refractivity contribution is 5.89. The average Bonchev–Trinajstić information content (AvgIpc) is 3.15. The van der Waals surface area contributed by atoms with Crippen LogP contribution in [0.1, 0.15) is 33.2 Å². The van der Waals surface area contributed by atoms with Crippen molar-refractivity contribution in [3.63, 3.8) is 0 Å². The zero-order chi connectivity index (χ0) is 17.3. The van der Waals surface area contributed by atoms with Crippen LogP contribution < -0.4 is 0 Å². The molecule has 1 aromatic carbocycles. The highest BCUT2D eigenvalue weighted by Crippen LogP contribution is 2.20. The Morgan fingerprint density at radius 2 is 1.96 bits per heavy atom. The van der Waals surface area contributed by atoms with Gasteiger partial charge in [0.25, 0.3) is 0 Å². The van der Waals surface area contributed by atoms with Gasteiger partial charge in [-0.05, 0) is 26.0 Å². The molecule has 2 heterocycles. The summed E-state index contributed by atoms with van der Waals surface area (Å²) in [6, 6.07) is 6.88. The predicted molar refractivity (Wildman–Crippen MR) is 86.6 cm³/mol. The molecule has 7 nitrogen and oxygen atoms in total. The van der Waals surface area contributed by atoms with Crippen molar-refractivity contribution in [3.05, 3.63) is 52.7 Å². The van der Waals surface area contributed by atoms with Crippen LogP contribution in [0.25, 0.3) is 11.4 Å². The molecule has 0 spiro atoms. The lowest BCUT2D eigenvalue weighted by Crippen LogP contribution is -2.00. The molecule has 0 unspecified atom stereocenters. The fraction of sp³-hybridized carbons (Fsp3) is 0.294. The molecule has 0 amide bonds. The number of hydrogen-bond acceptors (Lipinski definition) is 6. The van der Waals surface area contributed by atoms with Gasteiger partial charge in [-0.2, -0.15) is 10.1 Å². The van der Waals surface area contributed by atoms with Crippen molar-refractivity contribution in [1.29, 1.82) is 0 Å². The quantitative estimate of drug-likeness (QED) is 0.685. The van der Waals surface area contributed by atoms with Crippen LogP contribution in [0.3, 0.4) is 0 Å². The van der Waals surface area contributed by atoms with Gasteiger partial charge in [-0.1, -0.05) is 17.3 Å². The Morgan fingerprint density at radius 1 is 1.25 bits per heavy atom. The molecule has 24 heavy (non-hydrogen) atoms. The first-order valence-electron chi connectivity index (χ1n) is 7.50. The number of carbonyl (C=O) groups is 1. The summed E-state index contributed by atoms with van der Waals surface area (Å²) in [5.41, 5.74) is 4.38. The largest absolute Gasteiger partial charge is 0.465 e.